The third kappa shape index (κ3) is 2.31. The van der Waals surface area contributed by atoms with Crippen molar-refractivity contribution in [2.45, 2.75) is 5.92 Å². The molecule has 15 heavy (non-hydrogen) atoms. The van der Waals surface area contributed by atoms with Crippen molar-refractivity contribution in [3.8, 4) is 5.75 Å². The molecule has 0 aliphatic heterocycles. The smallest absolute Gasteiger partial charge is 0.142 e. The molecule has 0 bridgehead atoms. The maximum Gasteiger partial charge on any atom is 0.142 e. The highest BCUT2D eigenvalue weighted by atomic mass is 16.5. The zero-order valence-corrected chi connectivity index (χ0v) is 8.60. The van der Waals surface area contributed by atoms with E-state index < -0.39 is 5.92 Å². The lowest BCUT2D eigenvalue weighted by atomic mass is 9.98. The summed E-state index contributed by atoms with van der Waals surface area (Å²) in [5.74, 6) is 0.0885. The molecule has 1 rings (SSSR count). The summed E-state index contributed by atoms with van der Waals surface area (Å²) in [6, 6.07) is 3.20. The maximum atomic E-state index is 9.05. The lowest BCUT2D eigenvalue weighted by Gasteiger charge is -2.16. The number of benzene rings is 1. The SMILES string of the molecule is COc1cc(C(CO)CO)c(N)cc1N. The van der Waals surface area contributed by atoms with Crippen molar-refractivity contribution in [3.05, 3.63) is 17.7 Å². The first-order valence-electron chi connectivity index (χ1n) is 4.58. The standard InChI is InChI=1S/C10H16N2O3/c1-15-10-2-7(6(4-13)5-14)8(11)3-9(10)12/h2-3,6,13-14H,4-5,11-12H2,1H3. The minimum Gasteiger partial charge on any atom is -0.495 e. The number of ether oxygens (including phenoxy) is 1. The molecule has 0 aliphatic carbocycles. The largest absolute Gasteiger partial charge is 0.495 e. The Labute approximate surface area is 88.3 Å². The van der Waals surface area contributed by atoms with Crippen molar-refractivity contribution in [3.63, 3.8) is 0 Å². The number of methoxy groups -OCH3 is 1. The van der Waals surface area contributed by atoms with Crippen LogP contribution in [0, 0.1) is 0 Å². The highest BCUT2D eigenvalue weighted by molar-refractivity contribution is 5.65. The van der Waals surface area contributed by atoms with E-state index in [4.69, 9.17) is 26.4 Å². The molecule has 0 radical (unpaired) electrons. The molecule has 5 nitrogen and oxygen atoms in total. The molecule has 1 aromatic carbocycles. The first kappa shape index (κ1) is 11.6. The third-order valence-electron chi connectivity index (χ3n) is 2.32. The second-order valence-corrected chi connectivity index (χ2v) is 3.29. The lowest BCUT2D eigenvalue weighted by Crippen LogP contribution is -2.12. The van der Waals surface area contributed by atoms with Gasteiger partial charge in [0.1, 0.15) is 5.75 Å². The summed E-state index contributed by atoms with van der Waals surface area (Å²) in [6.07, 6.45) is 0. The van der Waals surface area contributed by atoms with E-state index in [9.17, 15) is 0 Å². The number of anilines is 2. The van der Waals surface area contributed by atoms with Gasteiger partial charge < -0.3 is 26.4 Å². The number of hydrogen-bond donors (Lipinski definition) is 4. The predicted molar refractivity (Wildman–Crippen MR) is 58.7 cm³/mol. The molecule has 0 heterocycles. The molecule has 0 atom stereocenters. The summed E-state index contributed by atoms with van der Waals surface area (Å²) in [4.78, 5) is 0. The molecule has 0 spiro atoms. The minimum atomic E-state index is -0.403. The van der Waals surface area contributed by atoms with Crippen LogP contribution >= 0.6 is 0 Å². The van der Waals surface area contributed by atoms with Crippen molar-refractivity contribution in [2.24, 2.45) is 0 Å². The fraction of sp³-hybridized carbons (Fsp3) is 0.400. The van der Waals surface area contributed by atoms with Crippen molar-refractivity contribution < 1.29 is 14.9 Å². The second kappa shape index (κ2) is 4.86. The molecule has 0 aromatic heterocycles. The van der Waals surface area contributed by atoms with Crippen molar-refractivity contribution in [1.29, 1.82) is 0 Å². The molecular formula is C10H16N2O3. The molecule has 0 saturated heterocycles. The van der Waals surface area contributed by atoms with Gasteiger partial charge in [0.2, 0.25) is 0 Å². The Bertz CT molecular complexity index is 338. The van der Waals surface area contributed by atoms with Crippen molar-refractivity contribution in [2.75, 3.05) is 31.8 Å². The number of nitrogens with two attached hydrogens (primary N) is 2. The average Bonchev–Trinajstić information content (AvgIpc) is 2.22. The van der Waals surface area contributed by atoms with E-state index in [-0.39, 0.29) is 13.2 Å². The van der Waals surface area contributed by atoms with Crippen LogP contribution in [0.3, 0.4) is 0 Å². The van der Waals surface area contributed by atoms with Crippen LogP contribution in [-0.2, 0) is 0 Å². The van der Waals surface area contributed by atoms with E-state index in [1.165, 1.54) is 7.11 Å². The lowest BCUT2D eigenvalue weighted by molar-refractivity contribution is 0.192. The van der Waals surface area contributed by atoms with E-state index in [1.54, 1.807) is 12.1 Å². The van der Waals surface area contributed by atoms with E-state index in [0.29, 0.717) is 22.7 Å². The van der Waals surface area contributed by atoms with E-state index in [0.717, 1.165) is 0 Å². The van der Waals surface area contributed by atoms with Gasteiger partial charge in [-0.3, -0.25) is 0 Å². The Balaban J connectivity index is 3.17. The van der Waals surface area contributed by atoms with Crippen molar-refractivity contribution in [1.82, 2.24) is 0 Å². The van der Waals surface area contributed by atoms with Gasteiger partial charge in [-0.1, -0.05) is 0 Å². The van der Waals surface area contributed by atoms with Gasteiger partial charge in [-0.2, -0.15) is 0 Å². The van der Waals surface area contributed by atoms with Crippen LogP contribution in [0.25, 0.3) is 0 Å². The fourth-order valence-corrected chi connectivity index (χ4v) is 1.41. The van der Waals surface area contributed by atoms with E-state index >= 15 is 0 Å². The van der Waals surface area contributed by atoms with Gasteiger partial charge >= 0.3 is 0 Å². The topological polar surface area (TPSA) is 102 Å². The van der Waals surface area contributed by atoms with Crippen LogP contribution in [0.1, 0.15) is 11.5 Å². The normalized spacial score (nSPS) is 10.7. The number of nitrogen functional groups attached to an aromatic ring is 2. The molecule has 1 aromatic rings. The van der Waals surface area contributed by atoms with Crippen molar-refractivity contribution >= 4 is 11.4 Å². The summed E-state index contributed by atoms with van der Waals surface area (Å²) in [5.41, 5.74) is 12.9. The van der Waals surface area contributed by atoms with Gasteiger partial charge in [-0.15, -0.1) is 0 Å². The Hall–Kier alpha value is -1.46. The first-order chi connectivity index (χ1) is 7.13. The Morgan fingerprint density at radius 3 is 2.27 bits per heavy atom. The molecule has 84 valence electrons. The van der Waals surface area contributed by atoms with E-state index in [2.05, 4.69) is 0 Å². The monoisotopic (exact) mass is 212 g/mol. The fourth-order valence-electron chi connectivity index (χ4n) is 1.41. The molecule has 5 heteroatoms. The number of aliphatic hydroxyl groups is 2. The maximum absolute atomic E-state index is 9.05. The third-order valence-corrected chi connectivity index (χ3v) is 2.32. The molecule has 0 fully saturated rings. The van der Waals surface area contributed by atoms with Gasteiger partial charge in [-0.05, 0) is 17.7 Å². The number of aliphatic hydroxyl groups excluding tert-OH is 2. The second-order valence-electron chi connectivity index (χ2n) is 3.29. The quantitative estimate of drug-likeness (QED) is 0.523. The number of rotatable bonds is 4. The van der Waals surface area contributed by atoms with Crippen LogP contribution in [0.15, 0.2) is 12.1 Å². The average molecular weight is 212 g/mol. The van der Waals surface area contributed by atoms with Gasteiger partial charge in [0.05, 0.1) is 26.0 Å². The summed E-state index contributed by atoms with van der Waals surface area (Å²) < 4.78 is 5.04. The zero-order chi connectivity index (χ0) is 11.4. The highest BCUT2D eigenvalue weighted by Crippen LogP contribution is 2.31. The van der Waals surface area contributed by atoms with E-state index in [1.807, 2.05) is 0 Å². The molecule has 0 saturated carbocycles. The Morgan fingerprint density at radius 1 is 1.20 bits per heavy atom. The van der Waals surface area contributed by atoms with Crippen LogP contribution in [0.5, 0.6) is 5.75 Å². The van der Waals surface area contributed by atoms with Gasteiger partial charge in [0.15, 0.2) is 0 Å². The molecule has 0 amide bonds. The number of hydrogen-bond acceptors (Lipinski definition) is 5. The van der Waals surface area contributed by atoms with Crippen LogP contribution in [0.4, 0.5) is 11.4 Å². The van der Waals surface area contributed by atoms with Crippen LogP contribution in [-0.4, -0.2) is 30.5 Å². The summed E-state index contributed by atoms with van der Waals surface area (Å²) in [7, 11) is 1.50. The predicted octanol–water partition coefficient (Wildman–Crippen LogP) is -0.0722. The van der Waals surface area contributed by atoms with Gasteiger partial charge in [-0.25, -0.2) is 0 Å². The Morgan fingerprint density at radius 2 is 1.80 bits per heavy atom. The van der Waals surface area contributed by atoms with Crippen LogP contribution < -0.4 is 16.2 Å². The van der Waals surface area contributed by atoms with Gasteiger partial charge in [0.25, 0.3) is 0 Å². The summed E-state index contributed by atoms with van der Waals surface area (Å²) in [5, 5.41) is 18.1. The molecule has 6 N–H and O–H groups in total. The van der Waals surface area contributed by atoms with Gasteiger partial charge in [0, 0.05) is 11.6 Å². The summed E-state index contributed by atoms with van der Waals surface area (Å²) in [6.45, 7) is -0.346. The Kier molecular flexibility index (Phi) is 3.76. The highest BCUT2D eigenvalue weighted by Gasteiger charge is 2.15. The minimum absolute atomic E-state index is 0.173. The molecular weight excluding hydrogens is 196 g/mol. The van der Waals surface area contributed by atoms with Crippen LogP contribution in [0.2, 0.25) is 0 Å². The summed E-state index contributed by atoms with van der Waals surface area (Å²) >= 11 is 0. The zero-order valence-electron chi connectivity index (χ0n) is 8.60. The first-order valence-corrected chi connectivity index (χ1v) is 4.58. The molecule has 0 unspecified atom stereocenters. The molecule has 0 aliphatic rings.